The lowest BCUT2D eigenvalue weighted by molar-refractivity contribution is -0.918. The lowest BCUT2D eigenvalue weighted by Gasteiger charge is -2.25. The zero-order chi connectivity index (χ0) is 15.9. The van der Waals surface area contributed by atoms with E-state index in [1.165, 1.54) is 37.2 Å². The molecule has 0 radical (unpaired) electrons. The average Bonchev–Trinajstić information content (AvgIpc) is 3.02. The van der Waals surface area contributed by atoms with Crippen molar-refractivity contribution in [1.82, 2.24) is 5.32 Å². The average molecular weight is 306 g/mol. The summed E-state index contributed by atoms with van der Waals surface area (Å²) >= 11 is 0. The molecule has 0 bridgehead atoms. The Morgan fingerprint density at radius 1 is 1.27 bits per heavy atom. The van der Waals surface area contributed by atoms with E-state index < -0.39 is 0 Å². The smallest absolute Gasteiger partial charge is 0.407 e. The molecule has 1 aromatic rings. The van der Waals surface area contributed by atoms with Crippen molar-refractivity contribution in [2.45, 2.75) is 25.8 Å². The van der Waals surface area contributed by atoms with Gasteiger partial charge in [-0.2, -0.15) is 0 Å². The first-order valence-corrected chi connectivity index (χ1v) is 8.14. The summed E-state index contributed by atoms with van der Waals surface area (Å²) in [5.41, 5.74) is 2.47. The number of carbonyl (C=O) groups excluding carboxylic acids is 1. The minimum absolute atomic E-state index is 0.295. The maximum Gasteiger partial charge on any atom is 0.407 e. The van der Waals surface area contributed by atoms with Crippen LogP contribution in [0.15, 0.2) is 24.3 Å². The van der Waals surface area contributed by atoms with Crippen LogP contribution in [0.5, 0.6) is 0 Å². The largest absolute Gasteiger partial charge is 0.450 e. The number of carbonyl (C=O) groups is 1. The highest BCUT2D eigenvalue weighted by atomic mass is 16.5. The van der Waals surface area contributed by atoms with Gasteiger partial charge in [0.25, 0.3) is 0 Å². The van der Waals surface area contributed by atoms with E-state index in [-0.39, 0.29) is 6.09 Å². The first-order valence-electron chi connectivity index (χ1n) is 8.14. The third-order valence-electron chi connectivity index (χ3n) is 4.28. The van der Waals surface area contributed by atoms with E-state index in [0.29, 0.717) is 19.2 Å². The zero-order valence-corrected chi connectivity index (χ0v) is 13.9. The number of amides is 1. The van der Waals surface area contributed by atoms with Crippen molar-refractivity contribution < 1.29 is 14.4 Å². The first-order chi connectivity index (χ1) is 10.6. The highest BCUT2D eigenvalue weighted by molar-refractivity contribution is 5.67. The Labute approximate surface area is 133 Å². The normalized spacial score (nSPS) is 16.3. The molecule has 1 fully saturated rings. The number of nitrogens with one attached hydrogen (secondary N) is 2. The fraction of sp³-hybridized carbons (Fsp3) is 0.588. The van der Waals surface area contributed by atoms with Crippen molar-refractivity contribution in [2.24, 2.45) is 0 Å². The predicted molar refractivity (Wildman–Crippen MR) is 88.5 cm³/mol. The number of benzene rings is 1. The van der Waals surface area contributed by atoms with Crippen molar-refractivity contribution >= 4 is 11.8 Å². The van der Waals surface area contributed by atoms with E-state index in [9.17, 15) is 4.79 Å². The van der Waals surface area contributed by atoms with Crippen LogP contribution in [0.4, 0.5) is 10.5 Å². The Balaban J connectivity index is 2.07. The van der Waals surface area contributed by atoms with Gasteiger partial charge in [-0.05, 0) is 19.1 Å². The number of hydrogen-bond donors (Lipinski definition) is 2. The highest BCUT2D eigenvalue weighted by Crippen LogP contribution is 2.17. The van der Waals surface area contributed by atoms with Gasteiger partial charge in [0.15, 0.2) is 0 Å². The Kier molecular flexibility index (Phi) is 6.07. The fourth-order valence-electron chi connectivity index (χ4n) is 3.05. The van der Waals surface area contributed by atoms with Crippen LogP contribution in [-0.2, 0) is 4.74 Å². The predicted octanol–water partition coefficient (Wildman–Crippen LogP) is 1.22. The molecule has 0 saturated carbocycles. The van der Waals surface area contributed by atoms with Crippen LogP contribution >= 0.6 is 0 Å². The number of anilines is 1. The van der Waals surface area contributed by atoms with E-state index in [4.69, 9.17) is 4.74 Å². The summed E-state index contributed by atoms with van der Waals surface area (Å²) in [5, 5.41) is 2.90. The van der Waals surface area contributed by atoms with Crippen molar-refractivity contribution in [3.8, 4) is 0 Å². The van der Waals surface area contributed by atoms with Crippen LogP contribution in [0.3, 0.4) is 0 Å². The Hall–Kier alpha value is -1.75. The van der Waals surface area contributed by atoms with Crippen molar-refractivity contribution in [2.75, 3.05) is 45.2 Å². The summed E-state index contributed by atoms with van der Waals surface area (Å²) in [6, 6.07) is 8.93. The molecule has 1 amide bonds. The molecule has 1 aliphatic heterocycles. The van der Waals surface area contributed by atoms with Crippen LogP contribution in [0.2, 0.25) is 0 Å². The SMILES string of the molecule is CCOC(=O)NC[C@H](c1ccc(N(C)C)cc1)[NH+]1CCCC1. The molecular formula is C17H28N3O2+. The molecule has 0 aliphatic carbocycles. The molecule has 2 N–H and O–H groups in total. The molecule has 0 spiro atoms. The van der Waals surface area contributed by atoms with E-state index in [0.717, 1.165) is 0 Å². The fourth-order valence-corrected chi connectivity index (χ4v) is 3.05. The van der Waals surface area contributed by atoms with E-state index in [1.54, 1.807) is 4.90 Å². The molecule has 0 unspecified atom stereocenters. The van der Waals surface area contributed by atoms with E-state index in [2.05, 4.69) is 34.5 Å². The summed E-state index contributed by atoms with van der Waals surface area (Å²) < 4.78 is 4.98. The van der Waals surface area contributed by atoms with Gasteiger partial charge in [0.05, 0.1) is 26.2 Å². The van der Waals surface area contributed by atoms with Gasteiger partial charge in [-0.25, -0.2) is 4.79 Å². The quantitative estimate of drug-likeness (QED) is 0.831. The second-order valence-corrected chi connectivity index (χ2v) is 6.01. The zero-order valence-electron chi connectivity index (χ0n) is 13.9. The Morgan fingerprint density at radius 3 is 2.45 bits per heavy atom. The molecule has 22 heavy (non-hydrogen) atoms. The van der Waals surface area contributed by atoms with Gasteiger partial charge in [-0.15, -0.1) is 0 Å². The molecule has 1 aliphatic rings. The van der Waals surface area contributed by atoms with Gasteiger partial charge in [-0.1, -0.05) is 12.1 Å². The van der Waals surface area contributed by atoms with Gasteiger partial charge < -0.3 is 19.9 Å². The lowest BCUT2D eigenvalue weighted by Crippen LogP contribution is -3.11. The van der Waals surface area contributed by atoms with Crippen LogP contribution < -0.4 is 15.1 Å². The van der Waals surface area contributed by atoms with Gasteiger partial charge in [0.2, 0.25) is 0 Å². The van der Waals surface area contributed by atoms with Gasteiger partial charge in [0, 0.05) is 38.2 Å². The molecule has 5 heteroatoms. The second kappa shape index (κ2) is 8.03. The van der Waals surface area contributed by atoms with Gasteiger partial charge in [0.1, 0.15) is 6.04 Å². The highest BCUT2D eigenvalue weighted by Gasteiger charge is 2.27. The number of rotatable bonds is 6. The summed E-state index contributed by atoms with van der Waals surface area (Å²) in [6.45, 7) is 5.19. The van der Waals surface area contributed by atoms with Crippen LogP contribution in [0.1, 0.15) is 31.4 Å². The molecule has 5 nitrogen and oxygen atoms in total. The molecule has 1 heterocycles. The number of hydrogen-bond acceptors (Lipinski definition) is 3. The summed E-state index contributed by atoms with van der Waals surface area (Å²) in [6.07, 6.45) is 2.21. The van der Waals surface area contributed by atoms with Crippen molar-refractivity contribution in [1.29, 1.82) is 0 Å². The van der Waals surface area contributed by atoms with E-state index >= 15 is 0 Å². The van der Waals surface area contributed by atoms with Crippen molar-refractivity contribution in [3.05, 3.63) is 29.8 Å². The third kappa shape index (κ3) is 4.37. The summed E-state index contributed by atoms with van der Waals surface area (Å²) in [5.74, 6) is 0. The molecular weight excluding hydrogens is 278 g/mol. The number of likely N-dealkylation sites (tertiary alicyclic amines) is 1. The minimum atomic E-state index is -0.323. The first kappa shape index (κ1) is 16.6. The number of quaternary nitrogens is 1. The topological polar surface area (TPSA) is 46.0 Å². The maximum atomic E-state index is 11.6. The maximum absolute atomic E-state index is 11.6. The molecule has 0 aromatic heterocycles. The van der Waals surface area contributed by atoms with E-state index in [1.807, 2.05) is 21.0 Å². The third-order valence-corrected chi connectivity index (χ3v) is 4.28. The van der Waals surface area contributed by atoms with Gasteiger partial charge >= 0.3 is 6.09 Å². The second-order valence-electron chi connectivity index (χ2n) is 6.01. The molecule has 122 valence electrons. The monoisotopic (exact) mass is 306 g/mol. The number of alkyl carbamates (subject to hydrolysis) is 1. The summed E-state index contributed by atoms with van der Waals surface area (Å²) in [7, 11) is 4.08. The molecule has 1 saturated heterocycles. The van der Waals surface area contributed by atoms with Crippen molar-refractivity contribution in [3.63, 3.8) is 0 Å². The minimum Gasteiger partial charge on any atom is -0.450 e. The number of nitrogens with zero attached hydrogens (tertiary/aromatic N) is 1. The Morgan fingerprint density at radius 2 is 1.91 bits per heavy atom. The molecule has 1 atom stereocenters. The number of ether oxygens (including phenoxy) is 1. The van der Waals surface area contributed by atoms with Crippen LogP contribution in [-0.4, -0.2) is 46.4 Å². The Bertz CT molecular complexity index is 467. The van der Waals surface area contributed by atoms with Gasteiger partial charge in [-0.3, -0.25) is 0 Å². The summed E-state index contributed by atoms with van der Waals surface area (Å²) in [4.78, 5) is 15.2. The van der Waals surface area contributed by atoms with Crippen LogP contribution in [0, 0.1) is 0 Å². The standard InChI is InChI=1S/C17H27N3O2/c1-4-22-17(21)18-13-16(20-11-5-6-12-20)14-7-9-15(10-8-14)19(2)3/h7-10,16H,4-6,11-13H2,1-3H3,(H,18,21)/p+1/t16-/m1/s1. The molecule has 1 aromatic carbocycles. The molecule has 2 rings (SSSR count). The lowest BCUT2D eigenvalue weighted by atomic mass is 10.0. The van der Waals surface area contributed by atoms with Crippen LogP contribution in [0.25, 0.3) is 0 Å².